The standard InChI is InChI=1S/C11H13NO4/c1-7(13)12-9-4-2-3-8(5-9)10(14)6-11(15)16/h2-5,10,14H,6H2,1H3,(H,12,13)(H,15,16)/t10-/m0/s1. The van der Waals surface area contributed by atoms with Crippen LogP contribution in [0.4, 0.5) is 5.69 Å². The number of aliphatic hydroxyl groups excluding tert-OH is 1. The number of anilines is 1. The zero-order valence-electron chi connectivity index (χ0n) is 8.80. The Bertz CT molecular complexity index is 403. The number of amides is 1. The van der Waals surface area contributed by atoms with Gasteiger partial charge in [-0.2, -0.15) is 0 Å². The van der Waals surface area contributed by atoms with E-state index in [9.17, 15) is 14.7 Å². The number of hydrogen-bond acceptors (Lipinski definition) is 3. The molecule has 0 spiro atoms. The van der Waals surface area contributed by atoms with Gasteiger partial charge in [-0.25, -0.2) is 0 Å². The molecule has 1 aromatic rings. The van der Waals surface area contributed by atoms with Crippen molar-refractivity contribution >= 4 is 17.6 Å². The first kappa shape index (κ1) is 12.2. The molecule has 0 heterocycles. The molecule has 0 aliphatic carbocycles. The Morgan fingerprint density at radius 2 is 2.12 bits per heavy atom. The number of hydrogen-bond donors (Lipinski definition) is 3. The van der Waals surface area contributed by atoms with Gasteiger partial charge in [-0.1, -0.05) is 12.1 Å². The van der Waals surface area contributed by atoms with Gasteiger partial charge in [0.15, 0.2) is 0 Å². The van der Waals surface area contributed by atoms with Gasteiger partial charge in [-0.05, 0) is 17.7 Å². The van der Waals surface area contributed by atoms with E-state index >= 15 is 0 Å². The molecule has 0 saturated heterocycles. The van der Waals surface area contributed by atoms with E-state index in [1.54, 1.807) is 24.3 Å². The Morgan fingerprint density at radius 3 is 2.69 bits per heavy atom. The molecule has 16 heavy (non-hydrogen) atoms. The van der Waals surface area contributed by atoms with E-state index in [4.69, 9.17) is 5.11 Å². The second kappa shape index (κ2) is 5.27. The number of aliphatic carboxylic acids is 1. The summed E-state index contributed by atoms with van der Waals surface area (Å²) in [5, 5.41) is 20.6. The van der Waals surface area contributed by atoms with Gasteiger partial charge in [-0.15, -0.1) is 0 Å². The van der Waals surface area contributed by atoms with Crippen LogP contribution in [0.1, 0.15) is 25.0 Å². The monoisotopic (exact) mass is 223 g/mol. The van der Waals surface area contributed by atoms with Crippen molar-refractivity contribution in [1.29, 1.82) is 0 Å². The van der Waals surface area contributed by atoms with Crippen LogP contribution in [0, 0.1) is 0 Å². The number of carbonyl (C=O) groups is 2. The Hall–Kier alpha value is -1.88. The lowest BCUT2D eigenvalue weighted by atomic mass is 10.1. The van der Waals surface area contributed by atoms with E-state index in [1.807, 2.05) is 0 Å². The van der Waals surface area contributed by atoms with E-state index < -0.39 is 12.1 Å². The number of benzene rings is 1. The number of carboxylic acid groups (broad SMARTS) is 1. The van der Waals surface area contributed by atoms with Gasteiger partial charge in [0.2, 0.25) is 5.91 Å². The van der Waals surface area contributed by atoms with Gasteiger partial charge < -0.3 is 15.5 Å². The van der Waals surface area contributed by atoms with Crippen molar-refractivity contribution in [2.24, 2.45) is 0 Å². The Kier molecular flexibility index (Phi) is 4.02. The van der Waals surface area contributed by atoms with Crippen molar-refractivity contribution in [3.05, 3.63) is 29.8 Å². The molecule has 1 amide bonds. The number of carbonyl (C=O) groups excluding carboxylic acids is 1. The third kappa shape index (κ3) is 3.70. The minimum atomic E-state index is -1.07. The van der Waals surface area contributed by atoms with Crippen LogP contribution in [0.25, 0.3) is 0 Å². The molecule has 0 saturated carbocycles. The maximum absolute atomic E-state index is 10.8. The van der Waals surface area contributed by atoms with Crippen molar-refractivity contribution < 1.29 is 19.8 Å². The van der Waals surface area contributed by atoms with Gasteiger partial charge in [0, 0.05) is 12.6 Å². The van der Waals surface area contributed by atoms with E-state index in [2.05, 4.69) is 5.32 Å². The summed E-state index contributed by atoms with van der Waals surface area (Å²) < 4.78 is 0. The van der Waals surface area contributed by atoms with E-state index in [1.165, 1.54) is 6.92 Å². The highest BCUT2D eigenvalue weighted by Crippen LogP contribution is 2.20. The zero-order chi connectivity index (χ0) is 12.1. The first-order chi connectivity index (χ1) is 7.49. The van der Waals surface area contributed by atoms with Gasteiger partial charge >= 0.3 is 5.97 Å². The fourth-order valence-electron chi connectivity index (χ4n) is 1.31. The molecule has 86 valence electrons. The Balaban J connectivity index is 2.80. The number of carboxylic acids is 1. The lowest BCUT2D eigenvalue weighted by Gasteiger charge is -2.10. The van der Waals surface area contributed by atoms with Crippen LogP contribution in [0.3, 0.4) is 0 Å². The molecule has 0 radical (unpaired) electrons. The quantitative estimate of drug-likeness (QED) is 0.714. The van der Waals surface area contributed by atoms with Crippen molar-refractivity contribution in [3.8, 4) is 0 Å². The smallest absolute Gasteiger partial charge is 0.306 e. The SMILES string of the molecule is CC(=O)Nc1cccc([C@@H](O)CC(=O)O)c1. The van der Waals surface area contributed by atoms with E-state index in [0.717, 1.165) is 0 Å². The predicted molar refractivity (Wildman–Crippen MR) is 58.0 cm³/mol. The highest BCUT2D eigenvalue weighted by molar-refractivity contribution is 5.88. The summed E-state index contributed by atoms with van der Waals surface area (Å²) in [5.74, 6) is -1.29. The predicted octanol–water partition coefficient (Wildman–Crippen LogP) is 1.15. The fourth-order valence-corrected chi connectivity index (χ4v) is 1.31. The molecule has 5 nitrogen and oxygen atoms in total. The summed E-state index contributed by atoms with van der Waals surface area (Å²) in [5.41, 5.74) is 1.00. The van der Waals surface area contributed by atoms with Crippen LogP contribution in [-0.2, 0) is 9.59 Å². The molecule has 0 fully saturated rings. The van der Waals surface area contributed by atoms with Crippen molar-refractivity contribution in [3.63, 3.8) is 0 Å². The molecule has 0 aliphatic heterocycles. The molecule has 3 N–H and O–H groups in total. The van der Waals surface area contributed by atoms with Crippen LogP contribution < -0.4 is 5.32 Å². The van der Waals surface area contributed by atoms with E-state index in [0.29, 0.717) is 11.3 Å². The molecule has 0 unspecified atom stereocenters. The van der Waals surface area contributed by atoms with Gasteiger partial charge in [0.1, 0.15) is 0 Å². The number of aliphatic hydroxyl groups is 1. The van der Waals surface area contributed by atoms with Crippen LogP contribution in [0.2, 0.25) is 0 Å². The summed E-state index contributed by atoms with van der Waals surface area (Å²) in [6, 6.07) is 6.47. The molecular formula is C11H13NO4. The number of nitrogens with one attached hydrogen (secondary N) is 1. The summed E-state index contributed by atoms with van der Waals surface area (Å²) in [4.78, 5) is 21.2. The average molecular weight is 223 g/mol. The highest BCUT2D eigenvalue weighted by atomic mass is 16.4. The molecule has 0 aliphatic rings. The maximum Gasteiger partial charge on any atom is 0.306 e. The topological polar surface area (TPSA) is 86.6 Å². The van der Waals surface area contributed by atoms with Gasteiger partial charge in [-0.3, -0.25) is 9.59 Å². The molecule has 5 heteroatoms. The normalized spacial score (nSPS) is 11.9. The molecule has 1 rings (SSSR count). The summed E-state index contributed by atoms with van der Waals surface area (Å²) in [6.45, 7) is 1.38. The Labute approximate surface area is 92.7 Å². The highest BCUT2D eigenvalue weighted by Gasteiger charge is 2.12. The van der Waals surface area contributed by atoms with Crippen LogP contribution >= 0.6 is 0 Å². The lowest BCUT2D eigenvalue weighted by molar-refractivity contribution is -0.139. The average Bonchev–Trinajstić information content (AvgIpc) is 2.16. The Morgan fingerprint density at radius 1 is 1.44 bits per heavy atom. The lowest BCUT2D eigenvalue weighted by Crippen LogP contribution is -2.08. The second-order valence-electron chi connectivity index (χ2n) is 3.42. The molecule has 1 aromatic carbocycles. The second-order valence-corrected chi connectivity index (χ2v) is 3.42. The zero-order valence-corrected chi connectivity index (χ0v) is 8.80. The van der Waals surface area contributed by atoms with Gasteiger partial charge in [0.25, 0.3) is 0 Å². The summed E-state index contributed by atoms with van der Waals surface area (Å²) >= 11 is 0. The molecule has 0 bridgehead atoms. The minimum Gasteiger partial charge on any atom is -0.481 e. The largest absolute Gasteiger partial charge is 0.481 e. The summed E-state index contributed by atoms with van der Waals surface area (Å²) in [6.07, 6.45) is -1.42. The number of rotatable bonds is 4. The minimum absolute atomic E-state index is 0.218. The third-order valence-electron chi connectivity index (χ3n) is 1.96. The van der Waals surface area contributed by atoms with Gasteiger partial charge in [0.05, 0.1) is 12.5 Å². The van der Waals surface area contributed by atoms with Crippen molar-refractivity contribution in [2.75, 3.05) is 5.32 Å². The molecular weight excluding hydrogens is 210 g/mol. The first-order valence-electron chi connectivity index (χ1n) is 4.76. The van der Waals surface area contributed by atoms with Crippen molar-refractivity contribution in [2.45, 2.75) is 19.4 Å². The first-order valence-corrected chi connectivity index (χ1v) is 4.76. The molecule has 1 atom stereocenters. The van der Waals surface area contributed by atoms with Crippen LogP contribution in [-0.4, -0.2) is 22.1 Å². The summed E-state index contributed by atoms with van der Waals surface area (Å²) in [7, 11) is 0. The van der Waals surface area contributed by atoms with Crippen molar-refractivity contribution in [1.82, 2.24) is 0 Å². The third-order valence-corrected chi connectivity index (χ3v) is 1.96. The van der Waals surface area contributed by atoms with E-state index in [-0.39, 0.29) is 12.3 Å². The fraction of sp³-hybridized carbons (Fsp3) is 0.273. The molecule has 0 aromatic heterocycles. The van der Waals surface area contributed by atoms with Crippen LogP contribution in [0.5, 0.6) is 0 Å². The maximum atomic E-state index is 10.8. The van der Waals surface area contributed by atoms with Crippen LogP contribution in [0.15, 0.2) is 24.3 Å².